The van der Waals surface area contributed by atoms with Gasteiger partial charge in [-0.3, -0.25) is 4.79 Å². The summed E-state index contributed by atoms with van der Waals surface area (Å²) in [5.74, 6) is 0.127. The van der Waals surface area contributed by atoms with Gasteiger partial charge in [0.1, 0.15) is 0 Å². The second-order valence-electron chi connectivity index (χ2n) is 5.83. The number of carbonyl (C=O) groups is 1. The molecule has 1 aliphatic heterocycles. The average molecular weight is 298 g/mol. The summed E-state index contributed by atoms with van der Waals surface area (Å²) >= 11 is 0. The lowest BCUT2D eigenvalue weighted by molar-refractivity contribution is -0.121. The van der Waals surface area contributed by atoms with Crippen LogP contribution in [0.15, 0.2) is 43.0 Å². The van der Waals surface area contributed by atoms with Crippen LogP contribution in [0.1, 0.15) is 30.4 Å². The number of hydrogen-bond donors (Lipinski definition) is 2. The summed E-state index contributed by atoms with van der Waals surface area (Å²) in [7, 11) is 0. The molecule has 1 fully saturated rings. The van der Waals surface area contributed by atoms with Gasteiger partial charge in [0.05, 0.1) is 6.33 Å². The fraction of sp³-hybridized carbons (Fsp3) is 0.412. The van der Waals surface area contributed by atoms with Crippen LogP contribution in [0.3, 0.4) is 0 Å². The van der Waals surface area contributed by atoms with Crippen LogP contribution < -0.4 is 10.6 Å². The zero-order chi connectivity index (χ0) is 15.2. The zero-order valence-corrected chi connectivity index (χ0v) is 12.7. The van der Waals surface area contributed by atoms with Crippen LogP contribution in [-0.4, -0.2) is 28.0 Å². The largest absolute Gasteiger partial charge is 0.352 e. The Kier molecular flexibility index (Phi) is 4.85. The highest BCUT2D eigenvalue weighted by atomic mass is 16.1. The van der Waals surface area contributed by atoms with Gasteiger partial charge in [-0.1, -0.05) is 24.3 Å². The highest BCUT2D eigenvalue weighted by Gasteiger charge is 2.17. The SMILES string of the molecule is O=C(CC1CCCN1)NCc1ccc(Cn2ccnc2)cc1. The van der Waals surface area contributed by atoms with Crippen molar-refractivity contribution in [2.75, 3.05) is 6.54 Å². The van der Waals surface area contributed by atoms with E-state index >= 15 is 0 Å². The average Bonchev–Trinajstić information content (AvgIpc) is 3.20. The molecule has 1 aromatic carbocycles. The number of imidazole rings is 1. The second-order valence-corrected chi connectivity index (χ2v) is 5.83. The molecule has 0 bridgehead atoms. The molecule has 1 aromatic heterocycles. The lowest BCUT2D eigenvalue weighted by atomic mass is 10.1. The molecule has 1 atom stereocenters. The molecule has 116 valence electrons. The van der Waals surface area contributed by atoms with E-state index in [0.29, 0.717) is 19.0 Å². The van der Waals surface area contributed by atoms with E-state index in [1.54, 1.807) is 6.20 Å². The molecule has 0 spiro atoms. The van der Waals surface area contributed by atoms with E-state index in [1.807, 2.05) is 17.1 Å². The van der Waals surface area contributed by atoms with Gasteiger partial charge >= 0.3 is 0 Å². The maximum atomic E-state index is 11.9. The molecule has 2 heterocycles. The van der Waals surface area contributed by atoms with Crippen LogP contribution in [0.2, 0.25) is 0 Å². The van der Waals surface area contributed by atoms with Gasteiger partial charge in [0, 0.05) is 37.9 Å². The molecule has 2 aromatic rings. The maximum absolute atomic E-state index is 11.9. The number of nitrogens with zero attached hydrogens (tertiary/aromatic N) is 2. The number of benzene rings is 1. The van der Waals surface area contributed by atoms with Crippen molar-refractivity contribution >= 4 is 5.91 Å². The molecular weight excluding hydrogens is 276 g/mol. The number of amides is 1. The standard InChI is InChI=1S/C17H22N4O/c22-17(10-16-2-1-7-19-16)20-11-14-3-5-15(6-4-14)12-21-9-8-18-13-21/h3-6,8-9,13,16,19H,1-2,7,10-12H2,(H,20,22). The van der Waals surface area contributed by atoms with Crippen LogP contribution in [0, 0.1) is 0 Å². The molecule has 2 N–H and O–H groups in total. The lowest BCUT2D eigenvalue weighted by Crippen LogP contribution is -2.31. The van der Waals surface area contributed by atoms with E-state index in [9.17, 15) is 4.79 Å². The molecule has 5 nitrogen and oxygen atoms in total. The molecular formula is C17H22N4O. The first-order valence-corrected chi connectivity index (χ1v) is 7.83. The van der Waals surface area contributed by atoms with E-state index in [4.69, 9.17) is 0 Å². The van der Waals surface area contributed by atoms with E-state index in [1.165, 1.54) is 12.0 Å². The molecule has 1 amide bonds. The molecule has 1 aliphatic rings. The summed E-state index contributed by atoms with van der Waals surface area (Å²) in [5.41, 5.74) is 2.35. The van der Waals surface area contributed by atoms with Crippen LogP contribution >= 0.6 is 0 Å². The van der Waals surface area contributed by atoms with Gasteiger partial charge in [0.2, 0.25) is 5.91 Å². The minimum Gasteiger partial charge on any atom is -0.352 e. The third-order valence-electron chi connectivity index (χ3n) is 4.03. The quantitative estimate of drug-likeness (QED) is 0.853. The van der Waals surface area contributed by atoms with Gasteiger partial charge in [-0.15, -0.1) is 0 Å². The van der Waals surface area contributed by atoms with Gasteiger partial charge in [-0.25, -0.2) is 4.98 Å². The van der Waals surface area contributed by atoms with Gasteiger partial charge in [0.25, 0.3) is 0 Å². The Balaban J connectivity index is 1.45. The smallest absolute Gasteiger partial charge is 0.221 e. The van der Waals surface area contributed by atoms with Crippen LogP contribution in [-0.2, 0) is 17.9 Å². The summed E-state index contributed by atoms with van der Waals surface area (Å²) in [6.45, 7) is 2.45. The minimum atomic E-state index is 0.127. The van der Waals surface area contributed by atoms with Crippen molar-refractivity contribution < 1.29 is 4.79 Å². The molecule has 1 unspecified atom stereocenters. The Hall–Kier alpha value is -2.14. The maximum Gasteiger partial charge on any atom is 0.221 e. The van der Waals surface area contributed by atoms with Crippen LogP contribution in [0.4, 0.5) is 0 Å². The summed E-state index contributed by atoms with van der Waals surface area (Å²) < 4.78 is 2.03. The highest BCUT2D eigenvalue weighted by molar-refractivity contribution is 5.76. The van der Waals surface area contributed by atoms with Gasteiger partial charge in [0.15, 0.2) is 0 Å². The monoisotopic (exact) mass is 298 g/mol. The molecule has 0 saturated carbocycles. The van der Waals surface area contributed by atoms with Crippen LogP contribution in [0.5, 0.6) is 0 Å². The van der Waals surface area contributed by atoms with Crippen molar-refractivity contribution in [2.24, 2.45) is 0 Å². The fourth-order valence-corrected chi connectivity index (χ4v) is 2.78. The minimum absolute atomic E-state index is 0.127. The highest BCUT2D eigenvalue weighted by Crippen LogP contribution is 2.09. The Labute approximate surface area is 130 Å². The predicted molar refractivity (Wildman–Crippen MR) is 85.3 cm³/mol. The van der Waals surface area contributed by atoms with Crippen molar-refractivity contribution in [1.82, 2.24) is 20.2 Å². The normalized spacial score (nSPS) is 17.5. The molecule has 5 heteroatoms. The number of rotatable bonds is 6. The van der Waals surface area contributed by atoms with Crippen molar-refractivity contribution in [3.63, 3.8) is 0 Å². The topological polar surface area (TPSA) is 59.0 Å². The van der Waals surface area contributed by atoms with Gasteiger partial charge < -0.3 is 15.2 Å². The molecule has 1 saturated heterocycles. The summed E-state index contributed by atoms with van der Waals surface area (Å²) in [4.78, 5) is 15.9. The first kappa shape index (κ1) is 14.8. The van der Waals surface area contributed by atoms with E-state index < -0.39 is 0 Å². The van der Waals surface area contributed by atoms with Crippen molar-refractivity contribution in [2.45, 2.75) is 38.4 Å². The predicted octanol–water partition coefficient (Wildman–Crippen LogP) is 1.69. The Morgan fingerprint density at radius 1 is 1.32 bits per heavy atom. The third kappa shape index (κ3) is 4.18. The van der Waals surface area contributed by atoms with E-state index in [-0.39, 0.29) is 5.91 Å². The lowest BCUT2D eigenvalue weighted by Gasteiger charge is -2.11. The number of hydrogen-bond acceptors (Lipinski definition) is 3. The number of aromatic nitrogens is 2. The molecule has 0 radical (unpaired) electrons. The Bertz CT molecular complexity index is 586. The second kappa shape index (κ2) is 7.22. The van der Waals surface area contributed by atoms with Gasteiger partial charge in [-0.05, 0) is 30.5 Å². The summed E-state index contributed by atoms with van der Waals surface area (Å²) in [6.07, 6.45) is 8.41. The zero-order valence-electron chi connectivity index (χ0n) is 12.7. The third-order valence-corrected chi connectivity index (χ3v) is 4.03. The number of carbonyl (C=O) groups excluding carboxylic acids is 1. The van der Waals surface area contributed by atoms with E-state index in [0.717, 1.165) is 25.1 Å². The first-order valence-electron chi connectivity index (χ1n) is 7.83. The summed E-state index contributed by atoms with van der Waals surface area (Å²) in [6, 6.07) is 8.69. The Morgan fingerprint density at radius 2 is 2.14 bits per heavy atom. The van der Waals surface area contributed by atoms with Crippen molar-refractivity contribution in [1.29, 1.82) is 0 Å². The van der Waals surface area contributed by atoms with Crippen LogP contribution in [0.25, 0.3) is 0 Å². The number of nitrogens with one attached hydrogen (secondary N) is 2. The van der Waals surface area contributed by atoms with E-state index in [2.05, 4.69) is 39.9 Å². The summed E-state index contributed by atoms with van der Waals surface area (Å²) in [5, 5.41) is 6.34. The molecule has 22 heavy (non-hydrogen) atoms. The van der Waals surface area contributed by atoms with Gasteiger partial charge in [-0.2, -0.15) is 0 Å². The molecule has 3 rings (SSSR count). The fourth-order valence-electron chi connectivity index (χ4n) is 2.78. The molecule has 0 aliphatic carbocycles. The van der Waals surface area contributed by atoms with Crippen molar-refractivity contribution in [3.05, 3.63) is 54.1 Å². The Morgan fingerprint density at radius 3 is 2.82 bits per heavy atom. The van der Waals surface area contributed by atoms with Crippen molar-refractivity contribution in [3.8, 4) is 0 Å². The first-order chi connectivity index (χ1) is 10.8.